The minimum absolute atomic E-state index is 1.09. The molecule has 0 saturated heterocycles. The van der Waals surface area contributed by atoms with E-state index in [0.717, 1.165) is 12.3 Å². The molecule has 1 nitrogen and oxygen atoms in total. The van der Waals surface area contributed by atoms with Gasteiger partial charge in [0.2, 0.25) is 0 Å². The molecule has 1 aromatic heterocycles. The molecule has 0 unspecified atom stereocenters. The first-order chi connectivity index (χ1) is 10.4. The van der Waals surface area contributed by atoms with Crippen molar-refractivity contribution < 1.29 is 0 Å². The van der Waals surface area contributed by atoms with Gasteiger partial charge < -0.3 is 4.57 Å². The lowest BCUT2D eigenvalue weighted by Gasteiger charge is -2.19. The number of aryl methyl sites for hydroxylation is 1. The molecule has 0 saturated carbocycles. The number of rotatable bonds is 3. The highest BCUT2D eigenvalue weighted by atomic mass is 32.2. The van der Waals surface area contributed by atoms with Crippen molar-refractivity contribution in [1.29, 1.82) is 0 Å². The molecule has 106 valence electrons. The number of para-hydroxylation sites is 1. The number of fused-ring (bicyclic) bond motifs is 5. The third kappa shape index (κ3) is 2.01. The first-order valence-corrected chi connectivity index (χ1v) is 8.71. The van der Waals surface area contributed by atoms with Crippen molar-refractivity contribution in [3.05, 3.63) is 54.1 Å². The van der Waals surface area contributed by atoms with Gasteiger partial charge in [-0.3, -0.25) is 0 Å². The van der Waals surface area contributed by atoms with E-state index in [1.54, 1.807) is 0 Å². The Labute approximate surface area is 130 Å². The third-order valence-electron chi connectivity index (χ3n) is 4.33. The van der Waals surface area contributed by atoms with Gasteiger partial charge in [0.25, 0.3) is 0 Å². The van der Waals surface area contributed by atoms with E-state index in [1.165, 1.54) is 45.5 Å². The van der Waals surface area contributed by atoms with Gasteiger partial charge in [-0.15, -0.1) is 11.8 Å². The maximum Gasteiger partial charge on any atom is 0.0543 e. The standard InChI is InChI=1S/C19H19NS/c1-2-3-12-20-17-10-6-4-8-14(17)16-13-21-18-11-7-5-9-15(18)19(16)20/h4-11H,2-3,12-13H2,1H3. The summed E-state index contributed by atoms with van der Waals surface area (Å²) in [6, 6.07) is 17.7. The number of hydrogen-bond donors (Lipinski definition) is 0. The Morgan fingerprint density at radius 2 is 1.86 bits per heavy atom. The number of nitrogens with zero attached hydrogens (tertiary/aromatic N) is 1. The molecule has 0 amide bonds. The lowest BCUT2D eigenvalue weighted by Crippen LogP contribution is -2.03. The van der Waals surface area contributed by atoms with Crippen LogP contribution in [-0.4, -0.2) is 4.57 Å². The summed E-state index contributed by atoms with van der Waals surface area (Å²) >= 11 is 1.97. The highest BCUT2D eigenvalue weighted by Crippen LogP contribution is 2.45. The Morgan fingerprint density at radius 3 is 2.76 bits per heavy atom. The van der Waals surface area contributed by atoms with Gasteiger partial charge >= 0.3 is 0 Å². The molecule has 0 bridgehead atoms. The summed E-state index contributed by atoms with van der Waals surface area (Å²) in [7, 11) is 0. The van der Waals surface area contributed by atoms with Crippen molar-refractivity contribution in [2.45, 2.75) is 37.0 Å². The fourth-order valence-corrected chi connectivity index (χ4v) is 4.40. The normalized spacial score (nSPS) is 13.2. The molecule has 2 heterocycles. The van der Waals surface area contributed by atoms with Crippen LogP contribution in [0.1, 0.15) is 25.3 Å². The van der Waals surface area contributed by atoms with Crippen molar-refractivity contribution >= 4 is 22.7 Å². The van der Waals surface area contributed by atoms with Crippen LogP contribution >= 0.6 is 11.8 Å². The van der Waals surface area contributed by atoms with Crippen molar-refractivity contribution in [2.75, 3.05) is 0 Å². The van der Waals surface area contributed by atoms with Gasteiger partial charge in [-0.1, -0.05) is 49.7 Å². The smallest absolute Gasteiger partial charge is 0.0543 e. The van der Waals surface area contributed by atoms with Gasteiger partial charge in [0.05, 0.1) is 5.69 Å². The molecule has 2 heteroatoms. The van der Waals surface area contributed by atoms with E-state index >= 15 is 0 Å². The van der Waals surface area contributed by atoms with E-state index in [0.29, 0.717) is 0 Å². The summed E-state index contributed by atoms with van der Waals surface area (Å²) in [5, 5.41) is 1.44. The van der Waals surface area contributed by atoms with Gasteiger partial charge in [-0.05, 0) is 24.1 Å². The summed E-state index contributed by atoms with van der Waals surface area (Å²) in [5.41, 5.74) is 5.79. The summed E-state index contributed by atoms with van der Waals surface area (Å²) in [4.78, 5) is 1.42. The Morgan fingerprint density at radius 1 is 1.05 bits per heavy atom. The van der Waals surface area contributed by atoms with Crippen LogP contribution in [0, 0.1) is 0 Å². The quantitative estimate of drug-likeness (QED) is 0.598. The van der Waals surface area contributed by atoms with Crippen molar-refractivity contribution in [2.24, 2.45) is 0 Å². The van der Waals surface area contributed by atoms with Gasteiger partial charge in [-0.25, -0.2) is 0 Å². The van der Waals surface area contributed by atoms with E-state index in [-0.39, 0.29) is 0 Å². The molecule has 2 aromatic carbocycles. The van der Waals surface area contributed by atoms with Crippen LogP contribution in [0.5, 0.6) is 0 Å². The second-order valence-electron chi connectivity index (χ2n) is 5.63. The van der Waals surface area contributed by atoms with E-state index in [9.17, 15) is 0 Å². The Balaban J connectivity index is 2.03. The van der Waals surface area contributed by atoms with Crippen LogP contribution in [0.15, 0.2) is 53.4 Å². The lowest BCUT2D eigenvalue weighted by molar-refractivity contribution is 0.653. The largest absolute Gasteiger partial charge is 0.340 e. The lowest BCUT2D eigenvalue weighted by atomic mass is 10.1. The molecule has 0 radical (unpaired) electrons. The topological polar surface area (TPSA) is 4.93 Å². The SMILES string of the molecule is CCCCn1c2c(c3ccccc31)CSc1ccccc1-2. The van der Waals surface area contributed by atoms with E-state index < -0.39 is 0 Å². The molecule has 4 rings (SSSR count). The molecule has 21 heavy (non-hydrogen) atoms. The minimum Gasteiger partial charge on any atom is -0.340 e. The Kier molecular flexibility index (Phi) is 3.27. The van der Waals surface area contributed by atoms with Gasteiger partial charge in [0.15, 0.2) is 0 Å². The second kappa shape index (κ2) is 5.27. The summed E-state index contributed by atoms with van der Waals surface area (Å²) in [5.74, 6) is 1.09. The zero-order valence-electron chi connectivity index (χ0n) is 12.3. The molecule has 1 aliphatic rings. The highest BCUT2D eigenvalue weighted by molar-refractivity contribution is 7.98. The average molecular weight is 293 g/mol. The maximum absolute atomic E-state index is 2.55. The van der Waals surface area contributed by atoms with Crippen LogP contribution in [0.3, 0.4) is 0 Å². The van der Waals surface area contributed by atoms with Gasteiger partial charge in [0, 0.05) is 33.7 Å². The number of thioether (sulfide) groups is 1. The number of benzene rings is 2. The predicted molar refractivity (Wildman–Crippen MR) is 91.8 cm³/mol. The molecular formula is C19H19NS. The zero-order chi connectivity index (χ0) is 14.2. The zero-order valence-corrected chi connectivity index (χ0v) is 13.1. The molecule has 0 atom stereocenters. The molecule has 0 spiro atoms. The summed E-state index contributed by atoms with van der Waals surface area (Å²) in [6.07, 6.45) is 2.47. The number of unbranched alkanes of at least 4 members (excludes halogenated alkanes) is 1. The van der Waals surface area contributed by atoms with Crippen LogP contribution in [0.2, 0.25) is 0 Å². The van der Waals surface area contributed by atoms with Crippen molar-refractivity contribution in [3.8, 4) is 11.3 Å². The highest BCUT2D eigenvalue weighted by Gasteiger charge is 2.23. The maximum atomic E-state index is 2.55. The van der Waals surface area contributed by atoms with Gasteiger partial charge in [-0.2, -0.15) is 0 Å². The van der Waals surface area contributed by atoms with Crippen LogP contribution in [0.4, 0.5) is 0 Å². The summed E-state index contributed by atoms with van der Waals surface area (Å²) in [6.45, 7) is 3.38. The monoisotopic (exact) mass is 293 g/mol. The molecule has 0 fully saturated rings. The minimum atomic E-state index is 1.09. The fourth-order valence-electron chi connectivity index (χ4n) is 3.32. The van der Waals surface area contributed by atoms with E-state index in [2.05, 4.69) is 60.0 Å². The van der Waals surface area contributed by atoms with Crippen molar-refractivity contribution in [1.82, 2.24) is 4.57 Å². The number of aromatic nitrogens is 1. The summed E-state index contributed by atoms with van der Waals surface area (Å²) < 4.78 is 2.55. The molecule has 1 aliphatic heterocycles. The van der Waals surface area contributed by atoms with E-state index in [1.807, 2.05) is 11.8 Å². The van der Waals surface area contributed by atoms with Crippen LogP contribution in [0.25, 0.3) is 22.2 Å². The van der Waals surface area contributed by atoms with Crippen LogP contribution < -0.4 is 0 Å². The Bertz CT molecular complexity index is 800. The first-order valence-electron chi connectivity index (χ1n) is 7.72. The third-order valence-corrected chi connectivity index (χ3v) is 5.43. The fraction of sp³-hybridized carbons (Fsp3) is 0.263. The first kappa shape index (κ1) is 13.0. The van der Waals surface area contributed by atoms with Crippen molar-refractivity contribution in [3.63, 3.8) is 0 Å². The molecule has 0 aliphatic carbocycles. The predicted octanol–water partition coefficient (Wildman–Crippen LogP) is 5.71. The molecule has 3 aromatic rings. The molecular weight excluding hydrogens is 274 g/mol. The average Bonchev–Trinajstić information content (AvgIpc) is 2.87. The second-order valence-corrected chi connectivity index (χ2v) is 6.65. The Hall–Kier alpha value is -1.67. The van der Waals surface area contributed by atoms with E-state index in [4.69, 9.17) is 0 Å². The molecule has 0 N–H and O–H groups in total. The van der Waals surface area contributed by atoms with Gasteiger partial charge in [0.1, 0.15) is 0 Å². The number of hydrogen-bond acceptors (Lipinski definition) is 1. The van der Waals surface area contributed by atoms with Crippen LogP contribution in [-0.2, 0) is 12.3 Å².